The van der Waals surface area contributed by atoms with Crippen LogP contribution in [0.5, 0.6) is 0 Å². The third kappa shape index (κ3) is 2.09. The molecule has 2 unspecified atom stereocenters. The van der Waals surface area contributed by atoms with Gasteiger partial charge in [-0.1, -0.05) is 6.07 Å². The molecule has 2 aromatic rings. The van der Waals surface area contributed by atoms with Crippen LogP contribution in [0.1, 0.15) is 24.2 Å². The van der Waals surface area contributed by atoms with E-state index < -0.39 is 12.0 Å². The standard InChI is InChI=1S/C15H17N3O4/c1-8-7-17(3)13(19)9(2)18(8)15-16-12-10(14(20)21)5-4-6-11(12)22-15/h4-6,8-9H,7H2,1-3H3,(H,20,21). The van der Waals surface area contributed by atoms with Gasteiger partial charge >= 0.3 is 5.97 Å². The van der Waals surface area contributed by atoms with E-state index in [1.165, 1.54) is 6.07 Å². The molecule has 116 valence electrons. The number of piperazine rings is 1. The number of carbonyl (C=O) groups is 2. The minimum atomic E-state index is -1.05. The van der Waals surface area contributed by atoms with E-state index in [-0.39, 0.29) is 23.5 Å². The van der Waals surface area contributed by atoms with Crippen LogP contribution in [-0.2, 0) is 4.79 Å². The van der Waals surface area contributed by atoms with E-state index in [1.807, 2.05) is 6.92 Å². The van der Waals surface area contributed by atoms with Crippen LogP contribution in [0.4, 0.5) is 6.01 Å². The number of nitrogens with zero attached hydrogens (tertiary/aromatic N) is 3. The van der Waals surface area contributed by atoms with Gasteiger partial charge in [0.15, 0.2) is 5.58 Å². The lowest BCUT2D eigenvalue weighted by Crippen LogP contribution is -2.59. The van der Waals surface area contributed by atoms with Crippen molar-refractivity contribution in [3.8, 4) is 0 Å². The van der Waals surface area contributed by atoms with Crippen molar-refractivity contribution in [1.82, 2.24) is 9.88 Å². The molecule has 0 bridgehead atoms. The van der Waals surface area contributed by atoms with Crippen LogP contribution in [-0.4, -0.2) is 52.5 Å². The third-order valence-corrected chi connectivity index (χ3v) is 4.02. The lowest BCUT2D eigenvalue weighted by Gasteiger charge is -2.41. The number of hydrogen-bond acceptors (Lipinski definition) is 5. The molecule has 0 aliphatic carbocycles. The Morgan fingerprint density at radius 2 is 2.14 bits per heavy atom. The zero-order valence-corrected chi connectivity index (χ0v) is 12.6. The number of amides is 1. The second-order valence-corrected chi connectivity index (χ2v) is 5.60. The van der Waals surface area contributed by atoms with Crippen molar-refractivity contribution in [2.24, 2.45) is 0 Å². The SMILES string of the molecule is CC1CN(C)C(=O)C(C)N1c1nc2c(C(=O)O)cccc2o1. The number of aromatic carboxylic acids is 1. The van der Waals surface area contributed by atoms with Crippen LogP contribution in [0.25, 0.3) is 11.1 Å². The van der Waals surface area contributed by atoms with Gasteiger partial charge in [0.2, 0.25) is 5.91 Å². The van der Waals surface area contributed by atoms with E-state index in [2.05, 4.69) is 4.98 Å². The summed E-state index contributed by atoms with van der Waals surface area (Å²) in [5.41, 5.74) is 0.796. The van der Waals surface area contributed by atoms with Crippen LogP contribution in [0.3, 0.4) is 0 Å². The van der Waals surface area contributed by atoms with Crippen molar-refractivity contribution < 1.29 is 19.1 Å². The van der Waals surface area contributed by atoms with Crippen LogP contribution >= 0.6 is 0 Å². The molecule has 22 heavy (non-hydrogen) atoms. The number of fused-ring (bicyclic) bond motifs is 1. The van der Waals surface area contributed by atoms with E-state index in [4.69, 9.17) is 4.42 Å². The molecule has 1 aromatic heterocycles. The summed E-state index contributed by atoms with van der Waals surface area (Å²) in [6, 6.07) is 4.67. The molecule has 1 fully saturated rings. The highest BCUT2D eigenvalue weighted by atomic mass is 16.4. The molecule has 1 N–H and O–H groups in total. The van der Waals surface area contributed by atoms with Gasteiger partial charge in [0.25, 0.3) is 6.01 Å². The second-order valence-electron chi connectivity index (χ2n) is 5.60. The number of benzene rings is 1. The van der Waals surface area contributed by atoms with Crippen molar-refractivity contribution >= 4 is 29.0 Å². The summed E-state index contributed by atoms with van der Waals surface area (Å²) in [5.74, 6) is -1.07. The van der Waals surface area contributed by atoms with Gasteiger partial charge in [0.1, 0.15) is 11.6 Å². The van der Waals surface area contributed by atoms with Gasteiger partial charge in [-0.15, -0.1) is 0 Å². The summed E-state index contributed by atoms with van der Waals surface area (Å²) in [5, 5.41) is 9.23. The monoisotopic (exact) mass is 303 g/mol. The molecular formula is C15H17N3O4. The number of carbonyl (C=O) groups excluding carboxylic acids is 1. The van der Waals surface area contributed by atoms with Gasteiger partial charge in [-0.3, -0.25) is 4.79 Å². The summed E-state index contributed by atoms with van der Waals surface area (Å²) >= 11 is 0. The summed E-state index contributed by atoms with van der Waals surface area (Å²) in [6.07, 6.45) is 0. The smallest absolute Gasteiger partial charge is 0.338 e. The Balaban J connectivity index is 2.08. The van der Waals surface area contributed by atoms with Gasteiger partial charge in [0.05, 0.1) is 5.56 Å². The van der Waals surface area contributed by atoms with Crippen LogP contribution in [0.15, 0.2) is 22.6 Å². The molecule has 2 atom stereocenters. The topological polar surface area (TPSA) is 86.9 Å². The number of carboxylic acid groups (broad SMARTS) is 1. The molecule has 1 saturated heterocycles. The minimum Gasteiger partial charge on any atom is -0.478 e. The predicted octanol–water partition coefficient (Wildman–Crippen LogP) is 1.58. The summed E-state index contributed by atoms with van der Waals surface area (Å²) in [7, 11) is 1.77. The van der Waals surface area contributed by atoms with E-state index in [0.29, 0.717) is 17.6 Å². The first-order chi connectivity index (χ1) is 10.4. The number of anilines is 1. The molecule has 2 heterocycles. The lowest BCUT2D eigenvalue weighted by molar-refractivity contribution is -0.133. The Morgan fingerprint density at radius 1 is 1.41 bits per heavy atom. The van der Waals surface area contributed by atoms with Gasteiger partial charge < -0.3 is 19.3 Å². The lowest BCUT2D eigenvalue weighted by atomic mass is 10.1. The molecule has 7 nitrogen and oxygen atoms in total. The average Bonchev–Trinajstić information content (AvgIpc) is 2.87. The maximum absolute atomic E-state index is 12.2. The Bertz CT molecular complexity index is 754. The highest BCUT2D eigenvalue weighted by Crippen LogP contribution is 2.29. The van der Waals surface area contributed by atoms with E-state index in [1.54, 1.807) is 35.9 Å². The molecule has 3 rings (SSSR count). The number of likely N-dealkylation sites (N-methyl/N-ethyl adjacent to an activating group) is 1. The molecule has 1 aromatic carbocycles. The highest BCUT2D eigenvalue weighted by molar-refractivity contribution is 6.00. The largest absolute Gasteiger partial charge is 0.478 e. The fourth-order valence-electron chi connectivity index (χ4n) is 2.97. The first-order valence-electron chi connectivity index (χ1n) is 7.06. The molecular weight excluding hydrogens is 286 g/mol. The Hall–Kier alpha value is -2.57. The van der Waals surface area contributed by atoms with Crippen molar-refractivity contribution in [2.45, 2.75) is 25.9 Å². The summed E-state index contributed by atoms with van der Waals surface area (Å²) < 4.78 is 5.70. The molecule has 1 aliphatic heterocycles. The minimum absolute atomic E-state index is 0.0150. The van der Waals surface area contributed by atoms with Gasteiger partial charge in [0, 0.05) is 19.6 Å². The molecule has 1 aliphatic rings. The quantitative estimate of drug-likeness (QED) is 0.906. The normalized spacial score (nSPS) is 22.4. The summed E-state index contributed by atoms with van der Waals surface area (Å²) in [6.45, 7) is 4.33. The fourth-order valence-corrected chi connectivity index (χ4v) is 2.97. The third-order valence-electron chi connectivity index (χ3n) is 4.02. The number of para-hydroxylation sites is 1. The average molecular weight is 303 g/mol. The van der Waals surface area contributed by atoms with Gasteiger partial charge in [-0.25, -0.2) is 4.79 Å². The number of rotatable bonds is 2. The number of hydrogen-bond donors (Lipinski definition) is 1. The highest BCUT2D eigenvalue weighted by Gasteiger charge is 2.37. The number of carboxylic acids is 1. The molecule has 1 amide bonds. The van der Waals surface area contributed by atoms with Crippen LogP contribution < -0.4 is 4.90 Å². The maximum Gasteiger partial charge on any atom is 0.338 e. The molecule has 0 spiro atoms. The predicted molar refractivity (Wildman–Crippen MR) is 80.0 cm³/mol. The zero-order valence-electron chi connectivity index (χ0n) is 12.6. The Kier molecular flexibility index (Phi) is 3.27. The first-order valence-corrected chi connectivity index (χ1v) is 7.06. The maximum atomic E-state index is 12.2. The zero-order chi connectivity index (χ0) is 16.0. The van der Waals surface area contributed by atoms with Crippen molar-refractivity contribution in [1.29, 1.82) is 0 Å². The van der Waals surface area contributed by atoms with Gasteiger partial charge in [-0.2, -0.15) is 4.98 Å². The van der Waals surface area contributed by atoms with E-state index in [0.717, 1.165) is 0 Å². The Labute approximate surface area is 127 Å². The van der Waals surface area contributed by atoms with Crippen molar-refractivity contribution in [3.05, 3.63) is 23.8 Å². The van der Waals surface area contributed by atoms with E-state index in [9.17, 15) is 14.7 Å². The van der Waals surface area contributed by atoms with Crippen molar-refractivity contribution in [3.63, 3.8) is 0 Å². The van der Waals surface area contributed by atoms with Gasteiger partial charge in [-0.05, 0) is 26.0 Å². The first kappa shape index (κ1) is 14.4. The van der Waals surface area contributed by atoms with Crippen LogP contribution in [0.2, 0.25) is 0 Å². The van der Waals surface area contributed by atoms with Crippen LogP contribution in [0, 0.1) is 0 Å². The summed E-state index contributed by atoms with van der Waals surface area (Å²) in [4.78, 5) is 31.2. The van der Waals surface area contributed by atoms with Crippen molar-refractivity contribution in [2.75, 3.05) is 18.5 Å². The number of aromatic nitrogens is 1. The number of oxazole rings is 1. The molecule has 0 saturated carbocycles. The molecule has 7 heteroatoms. The Morgan fingerprint density at radius 3 is 2.82 bits per heavy atom. The second kappa shape index (κ2) is 5.01. The van der Waals surface area contributed by atoms with E-state index >= 15 is 0 Å². The molecule has 0 radical (unpaired) electrons. The fraction of sp³-hybridized carbons (Fsp3) is 0.400.